The maximum absolute atomic E-state index is 12.2. The maximum atomic E-state index is 12.2. The number of fused-ring (bicyclic) bond motifs is 1. The fourth-order valence-electron chi connectivity index (χ4n) is 4.98. The lowest BCUT2D eigenvalue weighted by atomic mass is 9.62. The summed E-state index contributed by atoms with van der Waals surface area (Å²) in [4.78, 5) is 16.9. The van der Waals surface area contributed by atoms with Gasteiger partial charge in [0, 0.05) is 36.7 Å². The molecular weight excluding hydrogens is 370 g/mol. The van der Waals surface area contributed by atoms with Crippen molar-refractivity contribution in [2.45, 2.75) is 84.0 Å². The summed E-state index contributed by atoms with van der Waals surface area (Å²) in [7, 11) is 0. The normalized spacial score (nSPS) is 20.2. The van der Waals surface area contributed by atoms with Crippen LogP contribution in [0.3, 0.4) is 0 Å². The van der Waals surface area contributed by atoms with E-state index in [2.05, 4.69) is 51.7 Å². The van der Waals surface area contributed by atoms with Crippen LogP contribution in [0.25, 0.3) is 5.57 Å². The minimum Gasteiger partial charge on any atom is -0.512 e. The molecule has 1 aromatic heterocycles. The molecule has 3 nitrogen and oxygen atoms in total. The molecule has 0 unspecified atom stereocenters. The zero-order valence-electron chi connectivity index (χ0n) is 18.9. The molecule has 4 rings (SSSR count). The summed E-state index contributed by atoms with van der Waals surface area (Å²) in [5.41, 5.74) is 8.16. The van der Waals surface area contributed by atoms with Crippen molar-refractivity contribution in [2.75, 3.05) is 0 Å². The van der Waals surface area contributed by atoms with E-state index < -0.39 is 0 Å². The van der Waals surface area contributed by atoms with Crippen molar-refractivity contribution < 1.29 is 9.90 Å². The molecule has 0 saturated heterocycles. The number of rotatable bonds is 3. The summed E-state index contributed by atoms with van der Waals surface area (Å²) in [6.45, 7) is 11.6. The minimum atomic E-state index is 0.0173. The number of aromatic nitrogens is 1. The molecule has 1 aromatic carbocycles. The van der Waals surface area contributed by atoms with Crippen LogP contribution in [0, 0.1) is 6.92 Å². The molecule has 0 radical (unpaired) electrons. The largest absolute Gasteiger partial charge is 0.512 e. The Morgan fingerprint density at radius 1 is 1.00 bits per heavy atom. The number of Topliss-reactive ketones (excluding diaryl/α,β-unsaturated/α-hetero) is 1. The van der Waals surface area contributed by atoms with Gasteiger partial charge in [0.15, 0.2) is 5.78 Å². The minimum absolute atomic E-state index is 0.0173. The molecule has 0 aliphatic heterocycles. The zero-order chi connectivity index (χ0) is 21.7. The summed E-state index contributed by atoms with van der Waals surface area (Å²) < 4.78 is 0. The summed E-state index contributed by atoms with van der Waals surface area (Å²) in [6, 6.07) is 8.72. The van der Waals surface area contributed by atoms with Gasteiger partial charge in [0.25, 0.3) is 0 Å². The van der Waals surface area contributed by atoms with Crippen LogP contribution in [0.4, 0.5) is 0 Å². The third-order valence-electron chi connectivity index (χ3n) is 7.18. The molecule has 30 heavy (non-hydrogen) atoms. The number of hydrogen-bond donors (Lipinski definition) is 1. The summed E-state index contributed by atoms with van der Waals surface area (Å²) in [6.07, 6.45) is 6.74. The van der Waals surface area contributed by atoms with E-state index in [1.807, 2.05) is 12.1 Å². The van der Waals surface area contributed by atoms with Crippen LogP contribution in [-0.2, 0) is 22.0 Å². The number of aliphatic hydroxyl groups is 1. The van der Waals surface area contributed by atoms with Crippen molar-refractivity contribution in [3.63, 3.8) is 0 Å². The lowest BCUT2D eigenvalue weighted by Crippen LogP contribution is -2.34. The molecule has 0 bridgehead atoms. The molecule has 0 fully saturated rings. The first-order chi connectivity index (χ1) is 14.1. The number of aliphatic hydroxyl groups excluding tert-OH is 1. The number of allylic oxidation sites excluding steroid dienone is 2. The summed E-state index contributed by atoms with van der Waals surface area (Å²) >= 11 is 0. The first-order valence-corrected chi connectivity index (χ1v) is 11.1. The second kappa shape index (κ2) is 7.37. The van der Waals surface area contributed by atoms with Crippen LogP contribution in [0.5, 0.6) is 0 Å². The predicted molar refractivity (Wildman–Crippen MR) is 122 cm³/mol. The van der Waals surface area contributed by atoms with E-state index in [4.69, 9.17) is 0 Å². The molecule has 0 spiro atoms. The topological polar surface area (TPSA) is 50.2 Å². The molecule has 2 aromatic rings. The molecule has 0 saturated carbocycles. The standard InChI is InChI=1S/C27H33NO2/c1-17-13-21-22(27(4,5)12-11-26(21,2)3)15-19(17)14-20-10-9-18(16-28-20)25-23(29)7-6-8-24(25)30/h9-10,13,15-16,29H,6-8,11-12,14H2,1-5H3. The highest BCUT2D eigenvalue weighted by molar-refractivity contribution is 6.21. The van der Waals surface area contributed by atoms with Crippen LogP contribution in [0.1, 0.15) is 93.3 Å². The molecule has 2 aliphatic carbocycles. The van der Waals surface area contributed by atoms with Gasteiger partial charge >= 0.3 is 0 Å². The van der Waals surface area contributed by atoms with E-state index in [0.29, 0.717) is 18.4 Å². The SMILES string of the molecule is Cc1cc2c(cc1Cc1ccc(C3=C(O)CCCC3=O)cn1)C(C)(C)CCC2(C)C. The quantitative estimate of drug-likeness (QED) is 0.649. The highest BCUT2D eigenvalue weighted by Crippen LogP contribution is 2.46. The Bertz CT molecular complexity index is 1030. The lowest BCUT2D eigenvalue weighted by molar-refractivity contribution is -0.114. The average molecular weight is 404 g/mol. The number of carbonyl (C=O) groups is 1. The molecule has 0 amide bonds. The first-order valence-electron chi connectivity index (χ1n) is 11.1. The fraction of sp³-hybridized carbons (Fsp3) is 0.481. The van der Waals surface area contributed by atoms with Crippen molar-refractivity contribution in [1.82, 2.24) is 4.98 Å². The smallest absolute Gasteiger partial charge is 0.166 e. The van der Waals surface area contributed by atoms with Gasteiger partial charge < -0.3 is 5.11 Å². The summed E-state index contributed by atoms with van der Waals surface area (Å²) in [5, 5.41) is 10.2. The highest BCUT2D eigenvalue weighted by atomic mass is 16.3. The Kier molecular flexibility index (Phi) is 5.12. The zero-order valence-corrected chi connectivity index (χ0v) is 18.9. The van der Waals surface area contributed by atoms with Gasteiger partial charge in [-0.05, 0) is 65.3 Å². The average Bonchev–Trinajstić information content (AvgIpc) is 2.68. The molecule has 2 aliphatic rings. The van der Waals surface area contributed by atoms with Gasteiger partial charge in [0.1, 0.15) is 5.76 Å². The van der Waals surface area contributed by atoms with Gasteiger partial charge in [-0.15, -0.1) is 0 Å². The second-order valence-corrected chi connectivity index (χ2v) is 10.4. The highest BCUT2D eigenvalue weighted by Gasteiger charge is 2.37. The van der Waals surface area contributed by atoms with E-state index >= 15 is 0 Å². The van der Waals surface area contributed by atoms with Crippen LogP contribution in [0.15, 0.2) is 36.2 Å². The molecular formula is C27H33NO2. The molecule has 1 heterocycles. The number of aryl methyl sites for hydroxylation is 1. The number of nitrogens with zero attached hydrogens (tertiary/aromatic N) is 1. The van der Waals surface area contributed by atoms with E-state index in [1.54, 1.807) is 6.20 Å². The fourth-order valence-corrected chi connectivity index (χ4v) is 4.98. The van der Waals surface area contributed by atoms with E-state index in [0.717, 1.165) is 24.1 Å². The number of pyridine rings is 1. The number of carbonyl (C=O) groups excluding carboxylic acids is 1. The third kappa shape index (κ3) is 3.71. The Balaban J connectivity index is 1.65. The Morgan fingerprint density at radius 2 is 1.67 bits per heavy atom. The van der Waals surface area contributed by atoms with Crippen LogP contribution in [0.2, 0.25) is 0 Å². The molecule has 158 valence electrons. The molecule has 3 heteroatoms. The van der Waals surface area contributed by atoms with Crippen LogP contribution < -0.4 is 0 Å². The Morgan fingerprint density at radius 3 is 2.27 bits per heavy atom. The van der Waals surface area contributed by atoms with Crippen molar-refractivity contribution in [2.24, 2.45) is 0 Å². The second-order valence-electron chi connectivity index (χ2n) is 10.4. The van der Waals surface area contributed by atoms with E-state index in [9.17, 15) is 9.90 Å². The predicted octanol–water partition coefficient (Wildman–Crippen LogP) is 6.35. The Hall–Kier alpha value is -2.42. The van der Waals surface area contributed by atoms with Crippen LogP contribution >= 0.6 is 0 Å². The Labute approximate surface area is 180 Å². The van der Waals surface area contributed by atoms with Crippen molar-refractivity contribution in [3.05, 3.63) is 69.7 Å². The maximum Gasteiger partial charge on any atom is 0.166 e. The van der Waals surface area contributed by atoms with Gasteiger partial charge in [0.05, 0.1) is 5.57 Å². The van der Waals surface area contributed by atoms with Crippen molar-refractivity contribution >= 4 is 11.4 Å². The van der Waals surface area contributed by atoms with Gasteiger partial charge in [-0.25, -0.2) is 0 Å². The van der Waals surface area contributed by atoms with Gasteiger partial charge in [-0.1, -0.05) is 45.9 Å². The number of benzene rings is 1. The number of hydrogen-bond acceptors (Lipinski definition) is 3. The van der Waals surface area contributed by atoms with E-state index in [1.165, 1.54) is 35.1 Å². The lowest BCUT2D eigenvalue weighted by Gasteiger charge is -2.42. The van der Waals surface area contributed by atoms with Crippen molar-refractivity contribution in [1.29, 1.82) is 0 Å². The third-order valence-corrected chi connectivity index (χ3v) is 7.18. The van der Waals surface area contributed by atoms with Crippen LogP contribution in [-0.4, -0.2) is 15.9 Å². The van der Waals surface area contributed by atoms with Crippen molar-refractivity contribution in [3.8, 4) is 0 Å². The molecule has 1 N–H and O–H groups in total. The first kappa shape index (κ1) is 20.8. The van der Waals surface area contributed by atoms with E-state index in [-0.39, 0.29) is 22.4 Å². The van der Waals surface area contributed by atoms with Gasteiger partial charge in [0.2, 0.25) is 0 Å². The summed E-state index contributed by atoms with van der Waals surface area (Å²) in [5.74, 6) is 0.222. The number of ketones is 1. The molecule has 0 atom stereocenters. The van der Waals surface area contributed by atoms with Gasteiger partial charge in [-0.2, -0.15) is 0 Å². The monoisotopic (exact) mass is 403 g/mol. The van der Waals surface area contributed by atoms with Gasteiger partial charge in [-0.3, -0.25) is 9.78 Å².